The van der Waals surface area contributed by atoms with Crippen LogP contribution in [0.4, 0.5) is 5.69 Å². The zero-order valence-electron chi connectivity index (χ0n) is 16.5. The van der Waals surface area contributed by atoms with Gasteiger partial charge in [0.1, 0.15) is 6.04 Å². The van der Waals surface area contributed by atoms with Gasteiger partial charge in [-0.3, -0.25) is 4.79 Å². The Morgan fingerprint density at radius 2 is 1.83 bits per heavy atom. The Balaban J connectivity index is 1.95. The maximum Gasteiger partial charge on any atom is 0.326 e. The summed E-state index contributed by atoms with van der Waals surface area (Å²) in [6.07, 6.45) is 3.52. The summed E-state index contributed by atoms with van der Waals surface area (Å²) >= 11 is 6.59. The predicted octanol–water partition coefficient (Wildman–Crippen LogP) is 4.59. The fourth-order valence-corrected chi connectivity index (χ4v) is 4.11. The van der Waals surface area contributed by atoms with Gasteiger partial charge in [-0.05, 0) is 42.2 Å². The number of amides is 1. The van der Waals surface area contributed by atoms with Gasteiger partial charge in [-0.25, -0.2) is 4.79 Å². The van der Waals surface area contributed by atoms with Crippen LogP contribution in [0.3, 0.4) is 0 Å². The fourth-order valence-electron chi connectivity index (χ4n) is 3.83. The first-order chi connectivity index (χ1) is 13.9. The molecule has 2 aromatic rings. The van der Waals surface area contributed by atoms with E-state index in [1.54, 1.807) is 25.2 Å². The molecular weight excluding hydrogens is 388 g/mol. The molecule has 5 nitrogen and oxygen atoms in total. The molecule has 2 aromatic carbocycles. The summed E-state index contributed by atoms with van der Waals surface area (Å²) in [6, 6.07) is 12.2. The molecule has 0 bridgehead atoms. The Hall–Kier alpha value is -2.79. The lowest BCUT2D eigenvalue weighted by molar-refractivity contribution is -0.138. The minimum absolute atomic E-state index is 0.191. The van der Waals surface area contributed by atoms with Crippen LogP contribution in [0, 0.1) is 0 Å². The molecule has 0 radical (unpaired) electrons. The number of hydrogen-bond acceptors (Lipinski definition) is 3. The van der Waals surface area contributed by atoms with Crippen LogP contribution in [0.1, 0.15) is 47.2 Å². The van der Waals surface area contributed by atoms with E-state index in [-0.39, 0.29) is 5.91 Å². The highest BCUT2D eigenvalue weighted by Crippen LogP contribution is 2.34. The molecule has 1 aliphatic rings. The highest BCUT2D eigenvalue weighted by atomic mass is 35.5. The van der Waals surface area contributed by atoms with Crippen molar-refractivity contribution < 1.29 is 14.7 Å². The van der Waals surface area contributed by atoms with Crippen LogP contribution in [0.15, 0.2) is 49.0 Å². The molecule has 3 rings (SSSR count). The van der Waals surface area contributed by atoms with Crippen LogP contribution in [0.2, 0.25) is 5.02 Å². The first kappa shape index (κ1) is 20.9. The summed E-state index contributed by atoms with van der Waals surface area (Å²) in [5, 5.41) is 12.8. The van der Waals surface area contributed by atoms with Gasteiger partial charge >= 0.3 is 5.97 Å². The number of carbonyl (C=O) groups is 2. The Bertz CT molecular complexity index is 941. The van der Waals surface area contributed by atoms with Gasteiger partial charge in [0, 0.05) is 30.4 Å². The number of hydrogen-bond donors (Lipinski definition) is 2. The molecule has 1 atom stereocenters. The Morgan fingerprint density at radius 3 is 2.48 bits per heavy atom. The molecule has 0 aromatic heterocycles. The van der Waals surface area contributed by atoms with E-state index in [0.29, 0.717) is 40.3 Å². The van der Waals surface area contributed by atoms with E-state index in [2.05, 4.69) is 11.9 Å². The van der Waals surface area contributed by atoms with E-state index in [1.165, 1.54) is 0 Å². The molecule has 1 fully saturated rings. The number of carbonyl (C=O) groups excluding carboxylic acids is 1. The summed E-state index contributed by atoms with van der Waals surface area (Å²) in [7, 11) is 1.59. The lowest BCUT2D eigenvalue weighted by atomic mass is 9.94. The van der Waals surface area contributed by atoms with Crippen molar-refractivity contribution in [3.05, 3.63) is 70.8 Å². The van der Waals surface area contributed by atoms with Gasteiger partial charge in [-0.2, -0.15) is 0 Å². The van der Waals surface area contributed by atoms with Crippen molar-refractivity contribution in [2.24, 2.45) is 0 Å². The number of carboxylic acids is 1. The SMILES string of the molecule is C=C(c1ccc(N2CCCCCC2C(=O)O)cc1Cl)c1ccccc1C(=O)NC. The number of nitrogens with zero attached hydrogens (tertiary/aromatic N) is 1. The maximum absolute atomic E-state index is 12.2. The van der Waals surface area contributed by atoms with Crippen molar-refractivity contribution >= 4 is 34.7 Å². The number of anilines is 1. The van der Waals surface area contributed by atoms with E-state index in [9.17, 15) is 14.7 Å². The van der Waals surface area contributed by atoms with Gasteiger partial charge in [0.25, 0.3) is 5.91 Å². The second-order valence-electron chi connectivity index (χ2n) is 7.16. The highest BCUT2D eigenvalue weighted by Gasteiger charge is 2.28. The molecular formula is C23H25ClN2O3. The lowest BCUT2D eigenvalue weighted by Gasteiger charge is -2.29. The molecule has 1 aliphatic heterocycles. The van der Waals surface area contributed by atoms with Gasteiger partial charge in [-0.1, -0.05) is 55.3 Å². The van der Waals surface area contributed by atoms with Crippen molar-refractivity contribution in [1.29, 1.82) is 0 Å². The number of halogens is 1. The monoisotopic (exact) mass is 412 g/mol. The van der Waals surface area contributed by atoms with E-state index in [0.717, 1.165) is 24.9 Å². The van der Waals surface area contributed by atoms with Gasteiger partial charge in [-0.15, -0.1) is 0 Å². The molecule has 1 amide bonds. The summed E-state index contributed by atoms with van der Waals surface area (Å²) in [5.41, 5.74) is 3.39. The van der Waals surface area contributed by atoms with Gasteiger partial charge in [0.05, 0.1) is 5.02 Å². The first-order valence-electron chi connectivity index (χ1n) is 9.73. The highest BCUT2D eigenvalue weighted by molar-refractivity contribution is 6.33. The summed E-state index contributed by atoms with van der Waals surface area (Å²) in [4.78, 5) is 25.9. The minimum Gasteiger partial charge on any atom is -0.480 e. The van der Waals surface area contributed by atoms with Crippen molar-refractivity contribution in [2.75, 3.05) is 18.5 Å². The molecule has 0 spiro atoms. The number of nitrogens with one attached hydrogen (secondary N) is 1. The van der Waals surface area contributed by atoms with Crippen LogP contribution in [0.25, 0.3) is 5.57 Å². The van der Waals surface area contributed by atoms with E-state index in [4.69, 9.17) is 11.6 Å². The smallest absolute Gasteiger partial charge is 0.326 e. The van der Waals surface area contributed by atoms with E-state index in [1.807, 2.05) is 29.2 Å². The second kappa shape index (κ2) is 9.14. The average Bonchev–Trinajstić information content (AvgIpc) is 2.99. The summed E-state index contributed by atoms with van der Waals surface area (Å²) in [6.45, 7) is 4.85. The summed E-state index contributed by atoms with van der Waals surface area (Å²) < 4.78 is 0. The predicted molar refractivity (Wildman–Crippen MR) is 117 cm³/mol. The molecule has 2 N–H and O–H groups in total. The van der Waals surface area contributed by atoms with E-state index >= 15 is 0 Å². The van der Waals surface area contributed by atoms with Crippen molar-refractivity contribution in [3.63, 3.8) is 0 Å². The van der Waals surface area contributed by atoms with Crippen molar-refractivity contribution in [2.45, 2.75) is 31.7 Å². The van der Waals surface area contributed by atoms with Crippen molar-refractivity contribution in [3.8, 4) is 0 Å². The third-order valence-corrected chi connectivity index (χ3v) is 5.68. The lowest BCUT2D eigenvalue weighted by Crippen LogP contribution is -2.40. The normalized spacial score (nSPS) is 16.8. The first-order valence-corrected chi connectivity index (χ1v) is 10.1. The largest absolute Gasteiger partial charge is 0.480 e. The van der Waals surface area contributed by atoms with Crippen LogP contribution in [-0.4, -0.2) is 36.6 Å². The standard InChI is InChI=1S/C23H25ClN2O3/c1-15(17-8-5-6-9-19(17)22(27)25-2)18-12-11-16(14-20(18)24)26-13-7-3-4-10-21(26)23(28)29/h5-6,8-9,11-12,14,21H,1,3-4,7,10,13H2,2H3,(H,25,27)(H,28,29). The van der Waals surface area contributed by atoms with Crippen LogP contribution in [0.5, 0.6) is 0 Å². The van der Waals surface area contributed by atoms with Crippen LogP contribution in [-0.2, 0) is 4.79 Å². The number of rotatable bonds is 5. The molecule has 0 saturated carbocycles. The number of aliphatic carboxylic acids is 1. The Morgan fingerprint density at radius 1 is 1.10 bits per heavy atom. The third-order valence-electron chi connectivity index (χ3n) is 5.37. The quantitative estimate of drug-likeness (QED) is 0.753. The van der Waals surface area contributed by atoms with E-state index < -0.39 is 12.0 Å². The van der Waals surface area contributed by atoms with Gasteiger partial charge in [0.15, 0.2) is 0 Å². The molecule has 1 heterocycles. The molecule has 1 unspecified atom stereocenters. The topological polar surface area (TPSA) is 69.6 Å². The third kappa shape index (κ3) is 4.46. The number of carboxylic acid groups (broad SMARTS) is 1. The fraction of sp³-hybridized carbons (Fsp3) is 0.304. The molecule has 29 heavy (non-hydrogen) atoms. The Labute approximate surface area is 176 Å². The molecule has 152 valence electrons. The second-order valence-corrected chi connectivity index (χ2v) is 7.57. The maximum atomic E-state index is 12.2. The zero-order valence-corrected chi connectivity index (χ0v) is 17.2. The molecule has 6 heteroatoms. The molecule has 0 aliphatic carbocycles. The van der Waals surface area contributed by atoms with Gasteiger partial charge in [0.2, 0.25) is 0 Å². The van der Waals surface area contributed by atoms with Crippen molar-refractivity contribution in [1.82, 2.24) is 5.32 Å². The zero-order chi connectivity index (χ0) is 21.0. The minimum atomic E-state index is -0.809. The van der Waals surface area contributed by atoms with Gasteiger partial charge < -0.3 is 15.3 Å². The number of benzene rings is 2. The average molecular weight is 413 g/mol. The summed E-state index contributed by atoms with van der Waals surface area (Å²) in [5.74, 6) is -1.00. The molecule has 1 saturated heterocycles. The van der Waals surface area contributed by atoms with Crippen LogP contribution < -0.4 is 10.2 Å². The Kier molecular flexibility index (Phi) is 6.60. The van der Waals surface area contributed by atoms with Crippen LogP contribution >= 0.6 is 11.6 Å².